The third kappa shape index (κ3) is 3.39. The normalized spacial score (nSPS) is 20.5. The maximum absolute atomic E-state index is 6.04. The van der Waals surface area contributed by atoms with E-state index in [1.165, 1.54) is 0 Å². The monoisotopic (exact) mass is 367 g/mol. The van der Waals surface area contributed by atoms with Crippen LogP contribution in [0, 0.1) is 0 Å². The van der Waals surface area contributed by atoms with Crippen LogP contribution in [0.4, 0.5) is 0 Å². The minimum Gasteiger partial charge on any atom is -0.474 e. The molecule has 3 aromatic heterocycles. The van der Waals surface area contributed by atoms with E-state index in [4.69, 9.17) is 19.2 Å². The molecular weight excluding hydrogens is 346 g/mol. The Morgan fingerprint density at radius 3 is 3.11 bits per heavy atom. The highest BCUT2D eigenvalue weighted by molar-refractivity contribution is 5.86. The third-order valence-corrected chi connectivity index (χ3v) is 4.87. The van der Waals surface area contributed by atoms with Crippen LogP contribution in [-0.2, 0) is 9.47 Å². The van der Waals surface area contributed by atoms with Gasteiger partial charge in [0.25, 0.3) is 0 Å². The van der Waals surface area contributed by atoms with Crippen molar-refractivity contribution in [1.82, 2.24) is 25.1 Å². The van der Waals surface area contributed by atoms with Crippen LogP contribution in [0.1, 0.15) is 6.04 Å². The smallest absolute Gasteiger partial charge is 0.223 e. The number of hydrogen-bond donors (Lipinski definition) is 1. The summed E-state index contributed by atoms with van der Waals surface area (Å²) < 4.78 is 18.9. The van der Waals surface area contributed by atoms with Gasteiger partial charge in [-0.1, -0.05) is 0 Å². The first-order chi connectivity index (χ1) is 13.4. The number of morpholine rings is 1. The van der Waals surface area contributed by atoms with E-state index in [-0.39, 0.29) is 6.10 Å². The van der Waals surface area contributed by atoms with Gasteiger partial charge in [0.15, 0.2) is 0 Å². The van der Waals surface area contributed by atoms with E-state index in [0.717, 1.165) is 35.2 Å². The molecule has 1 N–H and O–H groups in total. The second kappa shape index (κ2) is 7.22. The molecule has 0 bridgehead atoms. The summed E-state index contributed by atoms with van der Waals surface area (Å²) in [5.41, 5.74) is 2.58. The maximum Gasteiger partial charge on any atom is 0.223 e. The van der Waals surface area contributed by atoms with Crippen molar-refractivity contribution >= 4 is 10.9 Å². The van der Waals surface area contributed by atoms with Crippen LogP contribution < -0.4 is 10.1 Å². The molecule has 0 unspecified atom stereocenters. The average molecular weight is 367 g/mol. The summed E-state index contributed by atoms with van der Waals surface area (Å²) >= 11 is 0. The van der Waals surface area contributed by atoms with Crippen LogP contribution in [0.3, 0.4) is 0 Å². The Balaban J connectivity index is 1.44. The Morgan fingerprint density at radius 2 is 2.30 bits per heavy atom. The summed E-state index contributed by atoms with van der Waals surface area (Å²) in [5.74, 6) is 0.574. The Bertz CT molecular complexity index is 934. The van der Waals surface area contributed by atoms with Crippen LogP contribution >= 0.6 is 0 Å². The van der Waals surface area contributed by atoms with Crippen molar-refractivity contribution in [3.63, 3.8) is 0 Å². The Labute approximate surface area is 156 Å². The van der Waals surface area contributed by atoms with Gasteiger partial charge in [0.05, 0.1) is 48.7 Å². The Hall–Kier alpha value is -2.55. The minimum absolute atomic E-state index is 0.0253. The first-order valence-corrected chi connectivity index (χ1v) is 9.20. The minimum atomic E-state index is 0.0253. The standard InChI is InChI=1S/C19H21N5O3/c1-2-16-18(21-3-1)6-17(13-7-22-24(9-13)14-10-25-11-14)23-19(16)27-12-15-8-20-4-5-26-15/h1-3,6-7,9,14-15,20H,4-5,8,10-12H2/t15-/m0/s1. The summed E-state index contributed by atoms with van der Waals surface area (Å²) in [6.07, 6.45) is 5.63. The molecular formula is C19H21N5O3. The first-order valence-electron chi connectivity index (χ1n) is 9.20. The van der Waals surface area contributed by atoms with Crippen LogP contribution in [0.15, 0.2) is 36.8 Å². The van der Waals surface area contributed by atoms with Gasteiger partial charge >= 0.3 is 0 Å². The zero-order chi connectivity index (χ0) is 18.1. The molecule has 0 saturated carbocycles. The summed E-state index contributed by atoms with van der Waals surface area (Å²) in [6, 6.07) is 6.15. The fourth-order valence-electron chi connectivity index (χ4n) is 3.25. The van der Waals surface area contributed by atoms with Gasteiger partial charge in [-0.15, -0.1) is 0 Å². The lowest BCUT2D eigenvalue weighted by Gasteiger charge is -2.25. The van der Waals surface area contributed by atoms with E-state index in [0.29, 0.717) is 38.3 Å². The molecule has 8 nitrogen and oxygen atoms in total. The number of aromatic nitrogens is 4. The quantitative estimate of drug-likeness (QED) is 0.730. The van der Waals surface area contributed by atoms with Crippen LogP contribution in [0.25, 0.3) is 22.2 Å². The highest BCUT2D eigenvalue weighted by atomic mass is 16.5. The summed E-state index contributed by atoms with van der Waals surface area (Å²) in [6.45, 7) is 4.23. The van der Waals surface area contributed by atoms with Gasteiger partial charge in [-0.2, -0.15) is 5.10 Å². The topological polar surface area (TPSA) is 83.3 Å². The van der Waals surface area contributed by atoms with Crippen molar-refractivity contribution in [1.29, 1.82) is 0 Å². The molecule has 140 valence electrons. The molecule has 3 aromatic rings. The fourth-order valence-corrected chi connectivity index (χ4v) is 3.25. The number of nitrogens with zero attached hydrogens (tertiary/aromatic N) is 4. The van der Waals surface area contributed by atoms with Crippen molar-refractivity contribution in [3.8, 4) is 17.1 Å². The molecule has 0 amide bonds. The largest absolute Gasteiger partial charge is 0.474 e. The van der Waals surface area contributed by atoms with Gasteiger partial charge in [-0.05, 0) is 18.2 Å². The van der Waals surface area contributed by atoms with Crippen LogP contribution in [0.2, 0.25) is 0 Å². The molecule has 2 aliphatic rings. The molecule has 1 atom stereocenters. The van der Waals surface area contributed by atoms with E-state index in [9.17, 15) is 0 Å². The van der Waals surface area contributed by atoms with E-state index >= 15 is 0 Å². The molecule has 27 heavy (non-hydrogen) atoms. The second-order valence-corrected chi connectivity index (χ2v) is 6.79. The highest BCUT2D eigenvalue weighted by Crippen LogP contribution is 2.29. The number of hydrogen-bond acceptors (Lipinski definition) is 7. The molecule has 0 spiro atoms. The van der Waals surface area contributed by atoms with Gasteiger partial charge in [0.2, 0.25) is 5.88 Å². The number of rotatable bonds is 5. The highest BCUT2D eigenvalue weighted by Gasteiger charge is 2.22. The lowest BCUT2D eigenvalue weighted by Crippen LogP contribution is -2.41. The first kappa shape index (κ1) is 16.6. The van der Waals surface area contributed by atoms with Crippen molar-refractivity contribution < 1.29 is 14.2 Å². The molecule has 0 radical (unpaired) electrons. The lowest BCUT2D eigenvalue weighted by atomic mass is 10.1. The van der Waals surface area contributed by atoms with Gasteiger partial charge in [-0.3, -0.25) is 9.67 Å². The number of pyridine rings is 2. The summed E-state index contributed by atoms with van der Waals surface area (Å²) in [5, 5.41) is 8.66. The summed E-state index contributed by atoms with van der Waals surface area (Å²) in [4.78, 5) is 9.23. The van der Waals surface area contributed by atoms with Crippen LogP contribution in [0.5, 0.6) is 5.88 Å². The molecule has 5 heterocycles. The Morgan fingerprint density at radius 1 is 1.33 bits per heavy atom. The van der Waals surface area contributed by atoms with E-state index in [1.807, 2.05) is 35.3 Å². The van der Waals surface area contributed by atoms with Crippen molar-refractivity contribution in [2.75, 3.05) is 39.5 Å². The average Bonchev–Trinajstić information content (AvgIpc) is 3.15. The van der Waals surface area contributed by atoms with Crippen molar-refractivity contribution in [2.45, 2.75) is 12.1 Å². The van der Waals surface area contributed by atoms with E-state index in [1.54, 1.807) is 6.20 Å². The number of fused-ring (bicyclic) bond motifs is 1. The maximum atomic E-state index is 6.04. The molecule has 2 saturated heterocycles. The molecule has 0 aromatic carbocycles. The molecule has 8 heteroatoms. The Kier molecular flexibility index (Phi) is 4.44. The molecule has 0 aliphatic carbocycles. The van der Waals surface area contributed by atoms with Gasteiger partial charge in [0, 0.05) is 31.0 Å². The second-order valence-electron chi connectivity index (χ2n) is 6.79. The SMILES string of the molecule is c1cnc2cc(-c3cnn(C4COC4)c3)nc(OC[C@@H]3CNCCO3)c2c1. The predicted molar refractivity (Wildman–Crippen MR) is 98.7 cm³/mol. The number of ether oxygens (including phenoxy) is 3. The zero-order valence-corrected chi connectivity index (χ0v) is 14.9. The van der Waals surface area contributed by atoms with Crippen molar-refractivity contribution in [3.05, 3.63) is 36.8 Å². The molecule has 2 aliphatic heterocycles. The molecule has 2 fully saturated rings. The van der Waals surface area contributed by atoms with Gasteiger partial charge in [-0.25, -0.2) is 4.98 Å². The predicted octanol–water partition coefficient (Wildman–Crippen LogP) is 1.43. The third-order valence-electron chi connectivity index (χ3n) is 4.87. The van der Waals surface area contributed by atoms with Crippen molar-refractivity contribution in [2.24, 2.45) is 0 Å². The van der Waals surface area contributed by atoms with Gasteiger partial charge < -0.3 is 19.5 Å². The zero-order valence-electron chi connectivity index (χ0n) is 14.9. The molecule has 5 rings (SSSR count). The van der Waals surface area contributed by atoms with E-state index in [2.05, 4.69) is 15.4 Å². The van der Waals surface area contributed by atoms with Gasteiger partial charge in [0.1, 0.15) is 12.7 Å². The van der Waals surface area contributed by atoms with E-state index < -0.39 is 0 Å². The van der Waals surface area contributed by atoms with Crippen LogP contribution in [-0.4, -0.2) is 65.4 Å². The lowest BCUT2D eigenvalue weighted by molar-refractivity contribution is -0.0286. The summed E-state index contributed by atoms with van der Waals surface area (Å²) in [7, 11) is 0. The fraction of sp³-hybridized carbons (Fsp3) is 0.421. The number of nitrogens with one attached hydrogen (secondary N) is 1.